The fourth-order valence-corrected chi connectivity index (χ4v) is 2.84. The summed E-state index contributed by atoms with van der Waals surface area (Å²) in [6.07, 6.45) is 1.62. The van der Waals surface area contributed by atoms with Gasteiger partial charge in [0, 0.05) is 50.0 Å². The van der Waals surface area contributed by atoms with Crippen LogP contribution in [0.4, 0.5) is 4.39 Å². The van der Waals surface area contributed by atoms with Crippen molar-refractivity contribution in [3.05, 3.63) is 63.8 Å². The van der Waals surface area contributed by atoms with E-state index in [9.17, 15) is 19.1 Å². The molecule has 3 rings (SSSR count). The third-order valence-electron chi connectivity index (χ3n) is 4.36. The molecule has 1 fully saturated rings. The average Bonchev–Trinajstić information content (AvgIpc) is 2.71. The standard InChI is InChI=1S/C17H20FN3O2.C3H6O2/c18-15-4-2-1-3-13(15)12-21-8-5-14(16(22)17(21)23)11-20-9-6-19-7-10-20;1-2-5-3-4/h1-5,8,19,22H,6-7,9-12H2;3H,2H2,1H3. The first-order chi connectivity index (χ1) is 13.6. The number of aromatic nitrogens is 1. The second-order valence-corrected chi connectivity index (χ2v) is 6.29. The highest BCUT2D eigenvalue weighted by Gasteiger charge is 2.15. The molecule has 1 aromatic carbocycles. The van der Waals surface area contributed by atoms with E-state index in [1.54, 1.807) is 37.4 Å². The summed E-state index contributed by atoms with van der Waals surface area (Å²) in [7, 11) is 0. The van der Waals surface area contributed by atoms with Crippen LogP contribution in [0.1, 0.15) is 18.1 Å². The van der Waals surface area contributed by atoms with E-state index < -0.39 is 5.56 Å². The second-order valence-electron chi connectivity index (χ2n) is 6.29. The Morgan fingerprint density at radius 3 is 2.50 bits per heavy atom. The number of carbonyl (C=O) groups excluding carboxylic acids is 1. The molecule has 2 N–H and O–H groups in total. The van der Waals surface area contributed by atoms with Crippen LogP contribution in [0.25, 0.3) is 0 Å². The van der Waals surface area contributed by atoms with Gasteiger partial charge in [0.2, 0.25) is 0 Å². The molecule has 0 saturated carbocycles. The summed E-state index contributed by atoms with van der Waals surface area (Å²) in [6.45, 7) is 6.90. The van der Waals surface area contributed by atoms with Crippen molar-refractivity contribution in [2.45, 2.75) is 20.0 Å². The van der Waals surface area contributed by atoms with Crippen molar-refractivity contribution >= 4 is 6.47 Å². The molecular weight excluding hydrogens is 365 g/mol. The highest BCUT2D eigenvalue weighted by Crippen LogP contribution is 2.15. The van der Waals surface area contributed by atoms with Crippen molar-refractivity contribution in [3.8, 4) is 5.75 Å². The van der Waals surface area contributed by atoms with E-state index in [4.69, 9.17) is 0 Å². The van der Waals surface area contributed by atoms with Gasteiger partial charge in [-0.2, -0.15) is 0 Å². The van der Waals surface area contributed by atoms with Crippen molar-refractivity contribution < 1.29 is 19.0 Å². The number of carbonyl (C=O) groups is 1. The number of hydrogen-bond donors (Lipinski definition) is 2. The van der Waals surface area contributed by atoms with Crippen molar-refractivity contribution in [3.63, 3.8) is 0 Å². The van der Waals surface area contributed by atoms with E-state index in [2.05, 4.69) is 15.0 Å². The molecule has 2 aromatic rings. The van der Waals surface area contributed by atoms with Crippen LogP contribution in [-0.2, 0) is 22.6 Å². The number of benzene rings is 1. The number of ether oxygens (including phenoxy) is 1. The zero-order valence-electron chi connectivity index (χ0n) is 15.9. The SMILES string of the molecule is CCOC=O.O=c1c(O)c(CN2CCNCC2)ccn1Cc1ccccc1F. The Kier molecular flexibility index (Phi) is 8.64. The summed E-state index contributed by atoms with van der Waals surface area (Å²) in [5.41, 5.74) is 0.548. The van der Waals surface area contributed by atoms with Crippen molar-refractivity contribution in [1.29, 1.82) is 0 Å². The van der Waals surface area contributed by atoms with Crippen molar-refractivity contribution in [2.75, 3.05) is 32.8 Å². The van der Waals surface area contributed by atoms with Gasteiger partial charge in [-0.1, -0.05) is 18.2 Å². The minimum atomic E-state index is -0.485. The maximum atomic E-state index is 13.7. The number of rotatable bonds is 6. The summed E-state index contributed by atoms with van der Waals surface area (Å²) in [4.78, 5) is 23.7. The van der Waals surface area contributed by atoms with E-state index >= 15 is 0 Å². The van der Waals surface area contributed by atoms with Crippen LogP contribution in [0.15, 0.2) is 41.3 Å². The van der Waals surface area contributed by atoms with E-state index in [-0.39, 0.29) is 18.1 Å². The number of hydrogen-bond acceptors (Lipinski definition) is 6. The molecule has 0 unspecified atom stereocenters. The molecule has 0 radical (unpaired) electrons. The van der Waals surface area contributed by atoms with Gasteiger partial charge in [0.1, 0.15) is 5.82 Å². The van der Waals surface area contributed by atoms with Gasteiger partial charge in [0.15, 0.2) is 5.75 Å². The average molecular weight is 391 g/mol. The summed E-state index contributed by atoms with van der Waals surface area (Å²) in [6, 6.07) is 8.06. The van der Waals surface area contributed by atoms with Gasteiger partial charge in [-0.05, 0) is 19.1 Å². The van der Waals surface area contributed by atoms with Gasteiger partial charge in [-0.25, -0.2) is 4.39 Å². The van der Waals surface area contributed by atoms with Gasteiger partial charge < -0.3 is 19.7 Å². The normalized spacial score (nSPS) is 14.1. The molecule has 0 amide bonds. The lowest BCUT2D eigenvalue weighted by atomic mass is 10.2. The Labute approximate surface area is 163 Å². The summed E-state index contributed by atoms with van der Waals surface area (Å²) in [5.74, 6) is -0.605. The Hall–Kier alpha value is -2.71. The minimum Gasteiger partial charge on any atom is -0.503 e. The molecule has 152 valence electrons. The monoisotopic (exact) mass is 391 g/mol. The van der Waals surface area contributed by atoms with Gasteiger partial charge in [0.25, 0.3) is 12.0 Å². The summed E-state index contributed by atoms with van der Waals surface area (Å²) < 4.78 is 19.2. The lowest BCUT2D eigenvalue weighted by Gasteiger charge is -2.27. The summed E-state index contributed by atoms with van der Waals surface area (Å²) >= 11 is 0. The Bertz CT molecular complexity index is 819. The molecule has 7 nitrogen and oxygen atoms in total. The second kappa shape index (κ2) is 11.2. The van der Waals surface area contributed by atoms with E-state index in [0.29, 0.717) is 30.8 Å². The number of aromatic hydroxyl groups is 1. The zero-order chi connectivity index (χ0) is 20.4. The smallest absolute Gasteiger partial charge is 0.293 e. The van der Waals surface area contributed by atoms with Crippen LogP contribution >= 0.6 is 0 Å². The number of piperazine rings is 1. The first kappa shape index (κ1) is 21.6. The Balaban J connectivity index is 0.000000500. The predicted molar refractivity (Wildman–Crippen MR) is 104 cm³/mol. The molecule has 1 aromatic heterocycles. The van der Waals surface area contributed by atoms with Gasteiger partial charge in [0.05, 0.1) is 13.2 Å². The van der Waals surface area contributed by atoms with Crippen LogP contribution in [0.3, 0.4) is 0 Å². The lowest BCUT2D eigenvalue weighted by Crippen LogP contribution is -2.43. The molecule has 8 heteroatoms. The van der Waals surface area contributed by atoms with Gasteiger partial charge in [-0.15, -0.1) is 0 Å². The molecular formula is C20H26FN3O4. The number of halogens is 1. The lowest BCUT2D eigenvalue weighted by molar-refractivity contribution is -0.128. The molecule has 1 aliphatic heterocycles. The first-order valence-corrected chi connectivity index (χ1v) is 9.19. The zero-order valence-corrected chi connectivity index (χ0v) is 15.9. The van der Waals surface area contributed by atoms with Crippen LogP contribution in [0.5, 0.6) is 5.75 Å². The van der Waals surface area contributed by atoms with Crippen LogP contribution in [0.2, 0.25) is 0 Å². The number of pyridine rings is 1. The quantitative estimate of drug-likeness (QED) is 0.723. The van der Waals surface area contributed by atoms with E-state index in [1.165, 1.54) is 10.6 Å². The highest BCUT2D eigenvalue weighted by molar-refractivity contribution is 5.36. The third-order valence-corrected chi connectivity index (χ3v) is 4.36. The Morgan fingerprint density at radius 2 is 1.89 bits per heavy atom. The molecule has 1 saturated heterocycles. The fraction of sp³-hybridized carbons (Fsp3) is 0.400. The van der Waals surface area contributed by atoms with Gasteiger partial charge >= 0.3 is 0 Å². The largest absolute Gasteiger partial charge is 0.503 e. The van der Waals surface area contributed by atoms with Gasteiger partial charge in [-0.3, -0.25) is 14.5 Å². The Morgan fingerprint density at radius 1 is 1.18 bits per heavy atom. The maximum absolute atomic E-state index is 13.7. The number of nitrogens with one attached hydrogen (secondary N) is 1. The van der Waals surface area contributed by atoms with Crippen LogP contribution < -0.4 is 10.9 Å². The topological polar surface area (TPSA) is 83.8 Å². The van der Waals surface area contributed by atoms with Crippen molar-refractivity contribution in [1.82, 2.24) is 14.8 Å². The molecule has 1 aliphatic rings. The molecule has 0 aliphatic carbocycles. The highest BCUT2D eigenvalue weighted by atomic mass is 19.1. The first-order valence-electron chi connectivity index (χ1n) is 9.19. The third kappa shape index (κ3) is 6.17. The summed E-state index contributed by atoms with van der Waals surface area (Å²) in [5, 5.41) is 13.4. The van der Waals surface area contributed by atoms with E-state index in [1.807, 2.05) is 0 Å². The fourth-order valence-electron chi connectivity index (χ4n) is 2.84. The predicted octanol–water partition coefficient (Wildman–Crippen LogP) is 1.33. The van der Waals surface area contributed by atoms with Crippen molar-refractivity contribution in [2.24, 2.45) is 0 Å². The molecule has 0 bridgehead atoms. The molecule has 2 heterocycles. The molecule has 0 spiro atoms. The maximum Gasteiger partial charge on any atom is 0.293 e. The number of nitrogens with zero attached hydrogens (tertiary/aromatic N) is 2. The van der Waals surface area contributed by atoms with Crippen LogP contribution in [-0.4, -0.2) is 53.8 Å². The van der Waals surface area contributed by atoms with E-state index in [0.717, 1.165) is 26.2 Å². The van der Waals surface area contributed by atoms with Crippen LogP contribution in [0, 0.1) is 5.82 Å². The molecule has 0 atom stereocenters. The molecule has 28 heavy (non-hydrogen) atoms. The minimum absolute atomic E-state index is 0.104.